The molecule has 0 bridgehead atoms. The normalized spacial score (nSPS) is 9.50. The SMILES string of the molecule is C=C(C)C(=O)OCCOCCOCCOC(=O)C(=C)C.CCOC. The van der Waals surface area contributed by atoms with Gasteiger partial charge in [-0.2, -0.15) is 0 Å². The minimum absolute atomic E-state index is 0.182. The van der Waals surface area contributed by atoms with Crippen LogP contribution in [0.15, 0.2) is 24.3 Å². The third-order valence-corrected chi connectivity index (χ3v) is 2.28. The molecule has 7 nitrogen and oxygen atoms in total. The summed E-state index contributed by atoms with van der Waals surface area (Å²) in [6.07, 6.45) is 0. The molecule has 0 aliphatic carbocycles. The smallest absolute Gasteiger partial charge is 0.333 e. The summed E-state index contributed by atoms with van der Waals surface area (Å²) in [4.78, 5) is 22.0. The number of ether oxygens (including phenoxy) is 5. The Morgan fingerprint density at radius 1 is 0.750 bits per heavy atom. The highest BCUT2D eigenvalue weighted by Gasteiger charge is 2.03. The van der Waals surface area contributed by atoms with Gasteiger partial charge in [0.1, 0.15) is 13.2 Å². The van der Waals surface area contributed by atoms with Crippen molar-refractivity contribution in [1.82, 2.24) is 0 Å². The lowest BCUT2D eigenvalue weighted by molar-refractivity contribution is -0.142. The molecule has 0 aromatic carbocycles. The number of methoxy groups -OCH3 is 1. The second-order valence-electron chi connectivity index (χ2n) is 4.63. The Morgan fingerprint density at radius 2 is 1.04 bits per heavy atom. The average Bonchev–Trinajstić information content (AvgIpc) is 2.55. The fourth-order valence-corrected chi connectivity index (χ4v) is 0.955. The van der Waals surface area contributed by atoms with Crippen molar-refractivity contribution in [3.8, 4) is 0 Å². The first-order chi connectivity index (χ1) is 11.4. The zero-order valence-electron chi connectivity index (χ0n) is 15.2. The lowest BCUT2D eigenvalue weighted by Crippen LogP contribution is -2.15. The maximum atomic E-state index is 11.0. The Morgan fingerprint density at radius 3 is 1.29 bits per heavy atom. The van der Waals surface area contributed by atoms with Crippen molar-refractivity contribution >= 4 is 11.9 Å². The van der Waals surface area contributed by atoms with Crippen LogP contribution in [0.5, 0.6) is 0 Å². The van der Waals surface area contributed by atoms with Crippen LogP contribution in [0.4, 0.5) is 0 Å². The topological polar surface area (TPSA) is 80.3 Å². The van der Waals surface area contributed by atoms with Gasteiger partial charge in [-0.3, -0.25) is 0 Å². The zero-order valence-corrected chi connectivity index (χ0v) is 15.2. The van der Waals surface area contributed by atoms with Crippen molar-refractivity contribution in [3.05, 3.63) is 24.3 Å². The van der Waals surface area contributed by atoms with Gasteiger partial charge in [0.2, 0.25) is 0 Å². The highest BCUT2D eigenvalue weighted by Crippen LogP contribution is 1.92. The molecule has 0 spiro atoms. The van der Waals surface area contributed by atoms with Crippen LogP contribution >= 0.6 is 0 Å². The second kappa shape index (κ2) is 17.7. The summed E-state index contributed by atoms with van der Waals surface area (Å²) in [7, 11) is 1.68. The molecular weight excluding hydrogens is 316 g/mol. The van der Waals surface area contributed by atoms with Gasteiger partial charge in [-0.05, 0) is 20.8 Å². The number of carbonyl (C=O) groups is 2. The molecule has 0 unspecified atom stereocenters. The Kier molecular flexibility index (Phi) is 18.1. The molecule has 0 N–H and O–H groups in total. The summed E-state index contributed by atoms with van der Waals surface area (Å²) in [6.45, 7) is 14.6. The van der Waals surface area contributed by atoms with E-state index in [1.807, 2.05) is 6.92 Å². The maximum Gasteiger partial charge on any atom is 0.333 e. The van der Waals surface area contributed by atoms with Crippen LogP contribution in [-0.2, 0) is 33.3 Å². The van der Waals surface area contributed by atoms with Gasteiger partial charge in [0, 0.05) is 24.9 Å². The number of rotatable bonds is 12. The summed E-state index contributed by atoms with van der Waals surface area (Å²) < 4.78 is 24.5. The molecule has 0 fully saturated rings. The van der Waals surface area contributed by atoms with Gasteiger partial charge in [0.05, 0.1) is 26.4 Å². The summed E-state index contributed by atoms with van der Waals surface area (Å²) >= 11 is 0. The molecule has 0 radical (unpaired) electrons. The van der Waals surface area contributed by atoms with Crippen LogP contribution in [0.1, 0.15) is 20.8 Å². The first-order valence-electron chi connectivity index (χ1n) is 7.66. The van der Waals surface area contributed by atoms with Crippen LogP contribution in [-0.4, -0.2) is 65.3 Å². The Bertz CT molecular complexity index is 341. The molecule has 0 aromatic rings. The van der Waals surface area contributed by atoms with E-state index in [0.717, 1.165) is 6.61 Å². The number of esters is 2. The molecule has 0 rings (SSSR count). The molecular formula is C17H30O7. The second-order valence-corrected chi connectivity index (χ2v) is 4.63. The van der Waals surface area contributed by atoms with Gasteiger partial charge < -0.3 is 23.7 Å². The van der Waals surface area contributed by atoms with Crippen molar-refractivity contribution in [2.45, 2.75) is 20.8 Å². The number of carbonyl (C=O) groups excluding carboxylic acids is 2. The molecule has 0 aliphatic rings. The molecule has 0 heterocycles. The lowest BCUT2D eigenvalue weighted by Gasteiger charge is -2.07. The largest absolute Gasteiger partial charge is 0.460 e. The Labute approximate surface area is 144 Å². The molecule has 0 saturated heterocycles. The van der Waals surface area contributed by atoms with E-state index in [-0.39, 0.29) is 13.2 Å². The van der Waals surface area contributed by atoms with E-state index in [9.17, 15) is 9.59 Å². The third-order valence-electron chi connectivity index (χ3n) is 2.28. The van der Waals surface area contributed by atoms with Gasteiger partial charge in [0.15, 0.2) is 0 Å². The van der Waals surface area contributed by atoms with E-state index >= 15 is 0 Å². The number of hydrogen-bond donors (Lipinski definition) is 0. The van der Waals surface area contributed by atoms with Crippen molar-refractivity contribution < 1.29 is 33.3 Å². The van der Waals surface area contributed by atoms with E-state index in [1.54, 1.807) is 21.0 Å². The maximum absolute atomic E-state index is 11.0. The fourth-order valence-electron chi connectivity index (χ4n) is 0.955. The minimum Gasteiger partial charge on any atom is -0.460 e. The third kappa shape index (κ3) is 18.3. The van der Waals surface area contributed by atoms with Crippen molar-refractivity contribution in [1.29, 1.82) is 0 Å². The van der Waals surface area contributed by atoms with Gasteiger partial charge in [-0.25, -0.2) is 9.59 Å². The molecule has 0 amide bonds. The van der Waals surface area contributed by atoms with E-state index < -0.39 is 11.9 Å². The van der Waals surface area contributed by atoms with E-state index in [0.29, 0.717) is 37.6 Å². The van der Waals surface area contributed by atoms with Gasteiger partial charge in [-0.15, -0.1) is 0 Å². The van der Waals surface area contributed by atoms with Crippen LogP contribution in [0.2, 0.25) is 0 Å². The predicted molar refractivity (Wildman–Crippen MR) is 90.7 cm³/mol. The zero-order chi connectivity index (χ0) is 18.8. The average molecular weight is 346 g/mol. The summed E-state index contributed by atoms with van der Waals surface area (Å²) in [5.74, 6) is -0.853. The lowest BCUT2D eigenvalue weighted by atomic mass is 10.4. The Hall–Kier alpha value is -1.70. The number of hydrogen-bond acceptors (Lipinski definition) is 7. The molecule has 0 aliphatic heterocycles. The predicted octanol–water partition coefficient (Wildman–Crippen LogP) is 1.91. The van der Waals surface area contributed by atoms with E-state index in [1.165, 1.54) is 0 Å². The summed E-state index contributed by atoms with van der Waals surface area (Å²) in [5.41, 5.74) is 0.718. The highest BCUT2D eigenvalue weighted by atomic mass is 16.6. The van der Waals surface area contributed by atoms with Crippen molar-refractivity contribution in [2.75, 3.05) is 53.4 Å². The van der Waals surface area contributed by atoms with Gasteiger partial charge >= 0.3 is 11.9 Å². The van der Waals surface area contributed by atoms with Crippen molar-refractivity contribution in [2.24, 2.45) is 0 Å². The molecule has 0 aromatic heterocycles. The highest BCUT2D eigenvalue weighted by molar-refractivity contribution is 5.87. The standard InChI is InChI=1S/C14H22O6.C3H8O/c1-11(2)13(15)19-9-7-17-5-6-18-8-10-20-14(16)12(3)4;1-3-4-2/h1,3,5-10H2,2,4H3;3H2,1-2H3. The molecule has 24 heavy (non-hydrogen) atoms. The first-order valence-corrected chi connectivity index (χ1v) is 7.66. The quantitative estimate of drug-likeness (QED) is 0.303. The summed E-state index contributed by atoms with van der Waals surface area (Å²) in [5, 5.41) is 0. The van der Waals surface area contributed by atoms with E-state index in [4.69, 9.17) is 18.9 Å². The molecule has 140 valence electrons. The summed E-state index contributed by atoms with van der Waals surface area (Å²) in [6, 6.07) is 0. The van der Waals surface area contributed by atoms with Crippen LogP contribution in [0.3, 0.4) is 0 Å². The van der Waals surface area contributed by atoms with Gasteiger partial charge in [-0.1, -0.05) is 13.2 Å². The van der Waals surface area contributed by atoms with Crippen molar-refractivity contribution in [3.63, 3.8) is 0 Å². The first kappa shape index (κ1) is 24.6. The van der Waals surface area contributed by atoms with Crippen LogP contribution in [0.25, 0.3) is 0 Å². The minimum atomic E-state index is -0.427. The molecule has 7 heteroatoms. The molecule has 0 saturated carbocycles. The van der Waals surface area contributed by atoms with Gasteiger partial charge in [0.25, 0.3) is 0 Å². The van der Waals surface area contributed by atoms with Crippen LogP contribution < -0.4 is 0 Å². The Balaban J connectivity index is 0. The van der Waals surface area contributed by atoms with Crippen LogP contribution in [0, 0.1) is 0 Å². The van der Waals surface area contributed by atoms with E-state index in [2.05, 4.69) is 17.9 Å². The monoisotopic (exact) mass is 346 g/mol. The fraction of sp³-hybridized carbons (Fsp3) is 0.647. The molecule has 0 atom stereocenters.